The molecule has 0 spiro atoms. The molecule has 1 aromatic rings. The van der Waals surface area contributed by atoms with Crippen LogP contribution in [0.5, 0.6) is 0 Å². The Balaban J connectivity index is 2.76. The summed E-state index contributed by atoms with van der Waals surface area (Å²) in [6.07, 6.45) is 3.26. The number of hydrogen-bond donors (Lipinski definition) is 1. The van der Waals surface area contributed by atoms with Crippen LogP contribution in [0, 0.1) is 0 Å². The fourth-order valence-electron chi connectivity index (χ4n) is 1.00. The lowest BCUT2D eigenvalue weighted by Crippen LogP contribution is -2.28. The third-order valence-electron chi connectivity index (χ3n) is 2.06. The molecule has 0 saturated heterocycles. The number of anilines is 1. The van der Waals surface area contributed by atoms with Crippen molar-refractivity contribution in [3.63, 3.8) is 0 Å². The standard InChI is InChI=1S/C11H18N4O/c1-11(2,3)8-6-13-9(7-12-8)14-10(16)15(4)5/h6-7H,1-5H3,(H,13,14,16). The minimum atomic E-state index is -0.210. The fourth-order valence-corrected chi connectivity index (χ4v) is 1.00. The summed E-state index contributed by atoms with van der Waals surface area (Å²) in [5.74, 6) is 0.465. The molecule has 0 aliphatic carbocycles. The molecular weight excluding hydrogens is 204 g/mol. The zero-order valence-corrected chi connectivity index (χ0v) is 10.4. The molecule has 5 heteroatoms. The molecule has 0 saturated carbocycles. The number of amides is 2. The van der Waals surface area contributed by atoms with E-state index in [9.17, 15) is 4.79 Å². The third kappa shape index (κ3) is 3.18. The molecule has 1 N–H and O–H groups in total. The number of carbonyl (C=O) groups is 1. The molecular formula is C11H18N4O. The molecule has 2 amide bonds. The van der Waals surface area contributed by atoms with E-state index in [0.717, 1.165) is 5.69 Å². The smallest absolute Gasteiger partial charge is 0.322 e. The molecule has 0 unspecified atom stereocenters. The van der Waals surface area contributed by atoms with Crippen LogP contribution >= 0.6 is 0 Å². The van der Waals surface area contributed by atoms with Gasteiger partial charge in [-0.1, -0.05) is 20.8 Å². The van der Waals surface area contributed by atoms with Crippen LogP contribution in [0.3, 0.4) is 0 Å². The van der Waals surface area contributed by atoms with Gasteiger partial charge in [0.05, 0.1) is 18.1 Å². The van der Waals surface area contributed by atoms with Gasteiger partial charge in [-0.15, -0.1) is 0 Å². The molecule has 5 nitrogen and oxygen atoms in total. The van der Waals surface area contributed by atoms with Crippen molar-refractivity contribution in [2.45, 2.75) is 26.2 Å². The summed E-state index contributed by atoms with van der Waals surface area (Å²) in [6.45, 7) is 6.19. The van der Waals surface area contributed by atoms with Crippen molar-refractivity contribution in [3.8, 4) is 0 Å². The summed E-state index contributed by atoms with van der Waals surface area (Å²) in [4.78, 5) is 21.2. The van der Waals surface area contributed by atoms with Gasteiger partial charge in [0.1, 0.15) is 0 Å². The first-order valence-corrected chi connectivity index (χ1v) is 5.11. The highest BCUT2D eigenvalue weighted by Gasteiger charge is 2.15. The maximum atomic E-state index is 11.3. The predicted molar refractivity (Wildman–Crippen MR) is 63.4 cm³/mol. The van der Waals surface area contributed by atoms with Crippen molar-refractivity contribution >= 4 is 11.8 Å². The highest BCUT2D eigenvalue weighted by Crippen LogP contribution is 2.19. The first-order valence-electron chi connectivity index (χ1n) is 5.11. The van der Waals surface area contributed by atoms with E-state index in [4.69, 9.17) is 0 Å². The number of hydrogen-bond acceptors (Lipinski definition) is 3. The zero-order chi connectivity index (χ0) is 12.3. The van der Waals surface area contributed by atoms with Gasteiger partial charge in [-0.25, -0.2) is 9.78 Å². The lowest BCUT2D eigenvalue weighted by atomic mass is 9.93. The van der Waals surface area contributed by atoms with E-state index in [2.05, 4.69) is 36.1 Å². The minimum Gasteiger partial charge on any atom is -0.331 e. The summed E-state index contributed by atoms with van der Waals surface area (Å²) in [6, 6.07) is -0.210. The van der Waals surface area contributed by atoms with E-state index >= 15 is 0 Å². The van der Waals surface area contributed by atoms with Crippen molar-refractivity contribution < 1.29 is 4.79 Å². The molecule has 0 aliphatic heterocycles. The second-order valence-corrected chi connectivity index (χ2v) is 4.86. The molecule has 1 heterocycles. The summed E-state index contributed by atoms with van der Waals surface area (Å²) >= 11 is 0. The van der Waals surface area contributed by atoms with Crippen molar-refractivity contribution in [2.24, 2.45) is 0 Å². The van der Waals surface area contributed by atoms with Crippen molar-refractivity contribution in [2.75, 3.05) is 19.4 Å². The topological polar surface area (TPSA) is 58.1 Å². The lowest BCUT2D eigenvalue weighted by Gasteiger charge is -2.17. The number of nitrogens with one attached hydrogen (secondary N) is 1. The van der Waals surface area contributed by atoms with Gasteiger partial charge < -0.3 is 4.90 Å². The van der Waals surface area contributed by atoms with Crippen LogP contribution in [0.2, 0.25) is 0 Å². The van der Waals surface area contributed by atoms with E-state index in [0.29, 0.717) is 5.82 Å². The maximum Gasteiger partial charge on any atom is 0.322 e. The molecule has 0 aromatic carbocycles. The quantitative estimate of drug-likeness (QED) is 0.789. The largest absolute Gasteiger partial charge is 0.331 e. The van der Waals surface area contributed by atoms with Crippen molar-refractivity contribution in [3.05, 3.63) is 18.1 Å². The lowest BCUT2D eigenvalue weighted by molar-refractivity contribution is 0.230. The van der Waals surface area contributed by atoms with Crippen LogP contribution in [-0.2, 0) is 5.41 Å². The fraction of sp³-hybridized carbons (Fsp3) is 0.545. The number of nitrogens with zero attached hydrogens (tertiary/aromatic N) is 3. The average molecular weight is 222 g/mol. The number of carbonyl (C=O) groups excluding carboxylic acids is 1. The molecule has 88 valence electrons. The van der Waals surface area contributed by atoms with E-state index in [1.807, 2.05) is 0 Å². The van der Waals surface area contributed by atoms with Crippen LogP contribution in [-0.4, -0.2) is 35.0 Å². The van der Waals surface area contributed by atoms with Gasteiger partial charge in [-0.2, -0.15) is 0 Å². The molecule has 0 fully saturated rings. The molecule has 0 aliphatic rings. The normalized spacial score (nSPS) is 11.1. The van der Waals surface area contributed by atoms with Crippen molar-refractivity contribution in [1.82, 2.24) is 14.9 Å². The predicted octanol–water partition coefficient (Wildman–Crippen LogP) is 1.87. The summed E-state index contributed by atoms with van der Waals surface area (Å²) in [5.41, 5.74) is 0.868. The molecule has 0 bridgehead atoms. The van der Waals surface area contributed by atoms with Gasteiger partial charge in [-0.05, 0) is 0 Å². The second kappa shape index (κ2) is 4.47. The van der Waals surface area contributed by atoms with E-state index in [-0.39, 0.29) is 11.4 Å². The van der Waals surface area contributed by atoms with Crippen LogP contribution in [0.1, 0.15) is 26.5 Å². The highest BCUT2D eigenvalue weighted by atomic mass is 16.2. The number of rotatable bonds is 1. The van der Waals surface area contributed by atoms with Gasteiger partial charge >= 0.3 is 6.03 Å². The maximum absolute atomic E-state index is 11.3. The zero-order valence-electron chi connectivity index (χ0n) is 10.4. The van der Waals surface area contributed by atoms with Crippen LogP contribution in [0.25, 0.3) is 0 Å². The monoisotopic (exact) mass is 222 g/mol. The molecule has 1 rings (SSSR count). The summed E-state index contributed by atoms with van der Waals surface area (Å²) in [5, 5.41) is 2.63. The minimum absolute atomic E-state index is 0.0307. The van der Waals surface area contributed by atoms with Crippen LogP contribution < -0.4 is 5.32 Å². The molecule has 16 heavy (non-hydrogen) atoms. The first kappa shape index (κ1) is 12.4. The van der Waals surface area contributed by atoms with E-state index in [1.54, 1.807) is 26.5 Å². The first-order chi connectivity index (χ1) is 7.30. The second-order valence-electron chi connectivity index (χ2n) is 4.86. The molecule has 0 atom stereocenters. The summed E-state index contributed by atoms with van der Waals surface area (Å²) in [7, 11) is 3.35. The highest BCUT2D eigenvalue weighted by molar-refractivity contribution is 5.87. The van der Waals surface area contributed by atoms with Crippen molar-refractivity contribution in [1.29, 1.82) is 0 Å². The average Bonchev–Trinajstić information content (AvgIpc) is 2.17. The molecule has 0 radical (unpaired) electrons. The Morgan fingerprint density at radius 3 is 2.25 bits per heavy atom. The van der Waals surface area contributed by atoms with E-state index < -0.39 is 0 Å². The Labute approximate surface area is 95.9 Å². The molecule has 1 aromatic heterocycles. The Kier molecular flexibility index (Phi) is 3.47. The Morgan fingerprint density at radius 1 is 1.25 bits per heavy atom. The number of aromatic nitrogens is 2. The van der Waals surface area contributed by atoms with Gasteiger partial charge in [0.15, 0.2) is 5.82 Å². The Bertz CT molecular complexity index is 365. The van der Waals surface area contributed by atoms with Gasteiger partial charge in [0.25, 0.3) is 0 Å². The van der Waals surface area contributed by atoms with Gasteiger partial charge in [0.2, 0.25) is 0 Å². The van der Waals surface area contributed by atoms with E-state index in [1.165, 1.54) is 4.90 Å². The SMILES string of the molecule is CN(C)C(=O)Nc1cnc(C(C)(C)C)cn1. The number of urea groups is 1. The van der Waals surface area contributed by atoms with Gasteiger partial charge in [-0.3, -0.25) is 10.3 Å². The van der Waals surface area contributed by atoms with Crippen LogP contribution in [0.4, 0.5) is 10.6 Å². The third-order valence-corrected chi connectivity index (χ3v) is 2.06. The summed E-state index contributed by atoms with van der Waals surface area (Å²) < 4.78 is 0. The Hall–Kier alpha value is -1.65. The Morgan fingerprint density at radius 2 is 1.88 bits per heavy atom. The van der Waals surface area contributed by atoms with Crippen LogP contribution in [0.15, 0.2) is 12.4 Å². The van der Waals surface area contributed by atoms with Gasteiger partial charge in [0, 0.05) is 19.5 Å².